The first-order valence-electron chi connectivity index (χ1n) is 7.59. The van der Waals surface area contributed by atoms with E-state index in [2.05, 4.69) is 29.2 Å². The van der Waals surface area contributed by atoms with Crippen molar-refractivity contribution in [2.45, 2.75) is 51.6 Å². The Kier molecular flexibility index (Phi) is 5.27. The minimum atomic E-state index is -2.84. The Morgan fingerprint density at radius 3 is 2.90 bits per heavy atom. The van der Waals surface area contributed by atoms with Crippen LogP contribution in [0.25, 0.3) is 0 Å². The molecule has 4 nitrogen and oxygen atoms in total. The standard InChI is InChI=1S/C15H26N2O2S/c1-3-8-16-15-7-4-6-13-11-17(12-14(13)15)9-5-10-20(2,18)19/h11-12,15-16H,3-10H2,1-2H3. The summed E-state index contributed by atoms with van der Waals surface area (Å²) >= 11 is 0. The second-order valence-electron chi connectivity index (χ2n) is 5.86. The van der Waals surface area contributed by atoms with E-state index in [1.165, 1.54) is 30.2 Å². The van der Waals surface area contributed by atoms with E-state index in [-0.39, 0.29) is 5.75 Å². The molecule has 1 aromatic heterocycles. The van der Waals surface area contributed by atoms with Crippen LogP contribution in [0.15, 0.2) is 12.4 Å². The summed E-state index contributed by atoms with van der Waals surface area (Å²) in [5, 5.41) is 3.61. The molecule has 1 unspecified atom stereocenters. The first kappa shape index (κ1) is 15.6. The van der Waals surface area contributed by atoms with Crippen molar-refractivity contribution in [3.05, 3.63) is 23.5 Å². The van der Waals surface area contributed by atoms with Gasteiger partial charge in [0, 0.05) is 31.2 Å². The molecule has 0 radical (unpaired) electrons. The van der Waals surface area contributed by atoms with Crippen LogP contribution >= 0.6 is 0 Å². The molecule has 1 atom stereocenters. The van der Waals surface area contributed by atoms with E-state index in [4.69, 9.17) is 0 Å². The normalized spacial score (nSPS) is 19.0. The predicted molar refractivity (Wildman–Crippen MR) is 82.7 cm³/mol. The molecule has 0 saturated carbocycles. The van der Waals surface area contributed by atoms with Gasteiger partial charge in [0.2, 0.25) is 0 Å². The molecule has 0 bridgehead atoms. The quantitative estimate of drug-likeness (QED) is 0.840. The maximum atomic E-state index is 11.2. The summed E-state index contributed by atoms with van der Waals surface area (Å²) < 4.78 is 24.5. The number of nitrogens with one attached hydrogen (secondary N) is 1. The zero-order chi connectivity index (χ0) is 14.6. The van der Waals surface area contributed by atoms with Crippen LogP contribution in [0.5, 0.6) is 0 Å². The third kappa shape index (κ3) is 4.35. The van der Waals surface area contributed by atoms with Gasteiger partial charge >= 0.3 is 0 Å². The van der Waals surface area contributed by atoms with E-state index < -0.39 is 9.84 Å². The Labute approximate surface area is 122 Å². The number of hydrogen-bond donors (Lipinski definition) is 1. The van der Waals surface area contributed by atoms with Crippen molar-refractivity contribution < 1.29 is 8.42 Å². The lowest BCUT2D eigenvalue weighted by molar-refractivity contribution is 0.462. The number of nitrogens with zero attached hydrogens (tertiary/aromatic N) is 1. The van der Waals surface area contributed by atoms with Crippen LogP contribution in [-0.2, 0) is 22.8 Å². The highest BCUT2D eigenvalue weighted by Crippen LogP contribution is 2.30. The molecular weight excluding hydrogens is 272 g/mol. The van der Waals surface area contributed by atoms with E-state index in [1.807, 2.05) is 0 Å². The minimum absolute atomic E-state index is 0.271. The van der Waals surface area contributed by atoms with Gasteiger partial charge in [-0.05, 0) is 49.8 Å². The molecule has 1 N–H and O–H groups in total. The number of fused-ring (bicyclic) bond motifs is 1. The number of hydrogen-bond acceptors (Lipinski definition) is 3. The number of aromatic nitrogens is 1. The first-order valence-corrected chi connectivity index (χ1v) is 9.65. The molecule has 0 fully saturated rings. The summed E-state index contributed by atoms with van der Waals surface area (Å²) in [4.78, 5) is 0. The van der Waals surface area contributed by atoms with Crippen molar-refractivity contribution >= 4 is 9.84 Å². The van der Waals surface area contributed by atoms with Crippen molar-refractivity contribution in [1.82, 2.24) is 9.88 Å². The highest BCUT2D eigenvalue weighted by molar-refractivity contribution is 7.90. The molecule has 1 heterocycles. The van der Waals surface area contributed by atoms with Crippen LogP contribution in [0, 0.1) is 0 Å². The maximum absolute atomic E-state index is 11.2. The van der Waals surface area contributed by atoms with Gasteiger partial charge in [0.15, 0.2) is 0 Å². The lowest BCUT2D eigenvalue weighted by Crippen LogP contribution is -2.24. The van der Waals surface area contributed by atoms with E-state index in [0.717, 1.165) is 25.9 Å². The fraction of sp³-hybridized carbons (Fsp3) is 0.733. The van der Waals surface area contributed by atoms with Crippen molar-refractivity contribution in [3.63, 3.8) is 0 Å². The Balaban J connectivity index is 1.98. The second kappa shape index (κ2) is 6.76. The molecule has 20 heavy (non-hydrogen) atoms. The zero-order valence-corrected chi connectivity index (χ0v) is 13.4. The van der Waals surface area contributed by atoms with Crippen LogP contribution in [0.1, 0.15) is 49.8 Å². The topological polar surface area (TPSA) is 51.1 Å². The van der Waals surface area contributed by atoms with Crippen molar-refractivity contribution in [3.8, 4) is 0 Å². The maximum Gasteiger partial charge on any atom is 0.147 e. The third-order valence-corrected chi connectivity index (χ3v) is 4.91. The molecular formula is C15H26N2O2S. The first-order chi connectivity index (χ1) is 9.49. The van der Waals surface area contributed by atoms with Crippen LogP contribution in [0.3, 0.4) is 0 Å². The number of aryl methyl sites for hydroxylation is 2. The Bertz CT molecular complexity index is 534. The summed E-state index contributed by atoms with van der Waals surface area (Å²) in [7, 11) is -2.84. The summed E-state index contributed by atoms with van der Waals surface area (Å²) in [6, 6.07) is 0.481. The van der Waals surface area contributed by atoms with E-state index in [9.17, 15) is 8.42 Å². The largest absolute Gasteiger partial charge is 0.354 e. The van der Waals surface area contributed by atoms with Crippen molar-refractivity contribution in [1.29, 1.82) is 0 Å². The molecule has 0 saturated heterocycles. The molecule has 0 amide bonds. The average molecular weight is 298 g/mol. The van der Waals surface area contributed by atoms with Crippen LogP contribution in [0.2, 0.25) is 0 Å². The molecule has 5 heteroatoms. The van der Waals surface area contributed by atoms with Gasteiger partial charge in [0.05, 0.1) is 5.75 Å². The summed E-state index contributed by atoms with van der Waals surface area (Å²) in [6.07, 6.45) is 11.2. The molecule has 0 spiro atoms. The van der Waals surface area contributed by atoms with E-state index >= 15 is 0 Å². The summed E-state index contributed by atoms with van der Waals surface area (Å²) in [6.45, 7) is 4.04. The summed E-state index contributed by atoms with van der Waals surface area (Å²) in [5.74, 6) is 0.271. The number of sulfone groups is 1. The van der Waals surface area contributed by atoms with Crippen LogP contribution in [0.4, 0.5) is 0 Å². The van der Waals surface area contributed by atoms with Gasteiger partial charge in [-0.2, -0.15) is 0 Å². The fourth-order valence-electron chi connectivity index (χ4n) is 2.92. The Hall–Kier alpha value is -0.810. The molecule has 1 aliphatic carbocycles. The van der Waals surface area contributed by atoms with Gasteiger partial charge < -0.3 is 9.88 Å². The van der Waals surface area contributed by atoms with Gasteiger partial charge in [-0.15, -0.1) is 0 Å². The van der Waals surface area contributed by atoms with Gasteiger partial charge in [-0.1, -0.05) is 6.92 Å². The van der Waals surface area contributed by atoms with Gasteiger partial charge in [0.1, 0.15) is 9.84 Å². The molecule has 114 valence electrons. The highest BCUT2D eigenvalue weighted by Gasteiger charge is 2.21. The molecule has 1 aromatic rings. The van der Waals surface area contributed by atoms with Gasteiger partial charge in [-0.25, -0.2) is 8.42 Å². The second-order valence-corrected chi connectivity index (χ2v) is 8.12. The predicted octanol–water partition coefficient (Wildman–Crippen LogP) is 2.30. The minimum Gasteiger partial charge on any atom is -0.354 e. The van der Waals surface area contributed by atoms with Crippen molar-refractivity contribution in [2.24, 2.45) is 0 Å². The molecule has 1 aliphatic rings. The monoisotopic (exact) mass is 298 g/mol. The molecule has 0 aliphatic heterocycles. The fourth-order valence-corrected chi connectivity index (χ4v) is 3.57. The molecule has 2 rings (SSSR count). The average Bonchev–Trinajstić information content (AvgIpc) is 2.78. The Morgan fingerprint density at radius 2 is 2.20 bits per heavy atom. The van der Waals surface area contributed by atoms with Gasteiger partial charge in [-0.3, -0.25) is 0 Å². The van der Waals surface area contributed by atoms with Crippen LogP contribution < -0.4 is 5.32 Å². The smallest absolute Gasteiger partial charge is 0.147 e. The lowest BCUT2D eigenvalue weighted by atomic mass is 9.91. The SMILES string of the molecule is CCCNC1CCCc2cn(CCCS(C)(=O)=O)cc21. The van der Waals surface area contributed by atoms with E-state index in [1.54, 1.807) is 0 Å². The zero-order valence-electron chi connectivity index (χ0n) is 12.6. The number of rotatable bonds is 7. The highest BCUT2D eigenvalue weighted by atomic mass is 32.2. The lowest BCUT2D eigenvalue weighted by Gasteiger charge is -2.23. The molecule has 0 aromatic carbocycles. The Morgan fingerprint density at radius 1 is 1.40 bits per heavy atom. The van der Waals surface area contributed by atoms with E-state index in [0.29, 0.717) is 12.5 Å². The summed E-state index contributed by atoms with van der Waals surface area (Å²) in [5.41, 5.74) is 2.85. The van der Waals surface area contributed by atoms with Gasteiger partial charge in [0.25, 0.3) is 0 Å². The van der Waals surface area contributed by atoms with Crippen molar-refractivity contribution in [2.75, 3.05) is 18.6 Å². The third-order valence-electron chi connectivity index (χ3n) is 3.88. The van der Waals surface area contributed by atoms with Crippen LogP contribution in [-0.4, -0.2) is 31.5 Å².